The maximum atomic E-state index is 14.6. The first kappa shape index (κ1) is 26.7. The SMILES string of the molecule is CNc1c(-c2c(Br)cc(C(F)(C(F)(F)F)C(F)(F)F)cc2C(F)(F)F)ccc(C(N)=O)c1F. The van der Waals surface area contributed by atoms with Crippen LogP contribution in [0.25, 0.3) is 11.1 Å². The molecule has 0 radical (unpaired) electrons. The Morgan fingerprint density at radius 3 is 1.85 bits per heavy atom. The molecular weight excluding hydrogens is 549 g/mol. The fourth-order valence-electron chi connectivity index (χ4n) is 3.01. The maximum absolute atomic E-state index is 14.6. The van der Waals surface area contributed by atoms with Crippen molar-refractivity contribution in [2.45, 2.75) is 24.2 Å². The smallest absolute Gasteiger partial charge is 0.385 e. The van der Waals surface area contributed by atoms with Crippen LogP contribution < -0.4 is 11.1 Å². The van der Waals surface area contributed by atoms with Crippen molar-refractivity contribution >= 4 is 27.5 Å². The van der Waals surface area contributed by atoms with E-state index in [0.29, 0.717) is 6.07 Å². The first-order valence-corrected chi connectivity index (χ1v) is 9.12. The summed E-state index contributed by atoms with van der Waals surface area (Å²) in [6.45, 7) is 0. The van der Waals surface area contributed by atoms with Crippen molar-refractivity contribution in [2.24, 2.45) is 5.73 Å². The van der Waals surface area contributed by atoms with E-state index in [-0.39, 0.29) is 6.07 Å². The molecule has 0 unspecified atom stereocenters. The molecule has 0 aliphatic rings. The molecular formula is C18H10BrF11N2O. The van der Waals surface area contributed by atoms with E-state index in [4.69, 9.17) is 5.73 Å². The number of hydrogen-bond donors (Lipinski definition) is 2. The second kappa shape index (κ2) is 8.33. The number of benzene rings is 2. The zero-order valence-corrected chi connectivity index (χ0v) is 17.4. The maximum Gasteiger partial charge on any atom is 0.435 e. The zero-order valence-electron chi connectivity index (χ0n) is 15.8. The number of hydrogen-bond acceptors (Lipinski definition) is 2. The normalized spacial score (nSPS) is 13.2. The van der Waals surface area contributed by atoms with Gasteiger partial charge in [-0.3, -0.25) is 4.79 Å². The summed E-state index contributed by atoms with van der Waals surface area (Å²) >= 11 is 2.45. The number of nitrogens with one attached hydrogen (secondary N) is 1. The summed E-state index contributed by atoms with van der Waals surface area (Å²) in [5.74, 6) is -2.74. The highest BCUT2D eigenvalue weighted by Gasteiger charge is 2.73. The molecule has 0 fully saturated rings. The van der Waals surface area contributed by atoms with Crippen LogP contribution in [-0.4, -0.2) is 25.3 Å². The molecule has 15 heteroatoms. The molecule has 1 amide bonds. The monoisotopic (exact) mass is 558 g/mol. The predicted molar refractivity (Wildman–Crippen MR) is 97.5 cm³/mol. The van der Waals surface area contributed by atoms with Gasteiger partial charge >= 0.3 is 24.2 Å². The van der Waals surface area contributed by atoms with E-state index in [1.807, 2.05) is 0 Å². The molecule has 0 aliphatic heterocycles. The lowest BCUT2D eigenvalue weighted by atomic mass is 9.88. The summed E-state index contributed by atoms with van der Waals surface area (Å²) in [7, 11) is 1.02. The highest BCUT2D eigenvalue weighted by Crippen LogP contribution is 2.55. The minimum atomic E-state index is -6.67. The molecule has 0 aliphatic carbocycles. The number of rotatable bonds is 4. The van der Waals surface area contributed by atoms with Gasteiger partial charge in [-0.15, -0.1) is 0 Å². The van der Waals surface area contributed by atoms with Crippen molar-refractivity contribution in [1.29, 1.82) is 0 Å². The Kier molecular flexibility index (Phi) is 6.73. The first-order chi connectivity index (χ1) is 14.8. The van der Waals surface area contributed by atoms with E-state index < -0.39 is 80.0 Å². The zero-order chi connectivity index (χ0) is 25.7. The molecule has 0 bridgehead atoms. The van der Waals surface area contributed by atoms with Gasteiger partial charge in [0.1, 0.15) is 0 Å². The van der Waals surface area contributed by atoms with Crippen molar-refractivity contribution in [1.82, 2.24) is 0 Å². The Morgan fingerprint density at radius 2 is 1.45 bits per heavy atom. The molecule has 0 saturated heterocycles. The fraction of sp³-hybridized carbons (Fsp3) is 0.278. The van der Waals surface area contributed by atoms with Crippen molar-refractivity contribution in [3.05, 3.63) is 51.2 Å². The lowest BCUT2D eigenvalue weighted by molar-refractivity contribution is -0.348. The molecule has 182 valence electrons. The van der Waals surface area contributed by atoms with Crippen LogP contribution >= 0.6 is 15.9 Å². The van der Waals surface area contributed by atoms with Gasteiger partial charge in [0.05, 0.1) is 16.8 Å². The van der Waals surface area contributed by atoms with Gasteiger partial charge in [-0.05, 0) is 18.2 Å². The fourth-order valence-corrected chi connectivity index (χ4v) is 3.68. The number of anilines is 1. The number of halogens is 12. The summed E-state index contributed by atoms with van der Waals surface area (Å²) in [5, 5.41) is 2.15. The van der Waals surface area contributed by atoms with Gasteiger partial charge in [0.25, 0.3) is 5.91 Å². The van der Waals surface area contributed by atoms with E-state index in [9.17, 15) is 53.1 Å². The number of carbonyl (C=O) groups is 1. The molecule has 33 heavy (non-hydrogen) atoms. The largest absolute Gasteiger partial charge is 0.435 e. The molecule has 0 atom stereocenters. The van der Waals surface area contributed by atoms with Gasteiger partial charge in [0.15, 0.2) is 5.82 Å². The lowest BCUT2D eigenvalue weighted by Crippen LogP contribution is -2.50. The number of nitrogens with two attached hydrogens (primary N) is 1. The number of carbonyl (C=O) groups excluding carboxylic acids is 1. The second-order valence-electron chi connectivity index (χ2n) is 6.50. The topological polar surface area (TPSA) is 55.1 Å². The summed E-state index contributed by atoms with van der Waals surface area (Å²) in [5.41, 5.74) is -9.09. The molecule has 0 heterocycles. The Hall–Kier alpha value is -2.58. The average Bonchev–Trinajstić information content (AvgIpc) is 2.63. The van der Waals surface area contributed by atoms with Gasteiger partial charge in [0.2, 0.25) is 0 Å². The Morgan fingerprint density at radius 1 is 0.939 bits per heavy atom. The summed E-state index contributed by atoms with van der Waals surface area (Å²) < 4.78 is 148. The Balaban J connectivity index is 3.01. The van der Waals surface area contributed by atoms with Gasteiger partial charge in [-0.2, -0.15) is 39.5 Å². The summed E-state index contributed by atoms with van der Waals surface area (Å²) in [6, 6.07) is 0.616. The Labute approximate surface area is 185 Å². The minimum Gasteiger partial charge on any atom is -0.385 e. The van der Waals surface area contributed by atoms with E-state index in [0.717, 1.165) is 13.1 Å². The third kappa shape index (κ3) is 4.46. The molecule has 0 aromatic heterocycles. The summed E-state index contributed by atoms with van der Waals surface area (Å²) in [6.07, 6.45) is -18.9. The van der Waals surface area contributed by atoms with Crippen LogP contribution in [0.3, 0.4) is 0 Å². The van der Waals surface area contributed by atoms with Crippen molar-refractivity contribution < 1.29 is 53.1 Å². The molecule has 0 saturated carbocycles. The third-order valence-corrected chi connectivity index (χ3v) is 5.13. The van der Waals surface area contributed by atoms with E-state index in [2.05, 4.69) is 21.2 Å². The highest BCUT2D eigenvalue weighted by atomic mass is 79.9. The van der Waals surface area contributed by atoms with Crippen LogP contribution in [-0.2, 0) is 11.8 Å². The number of primary amides is 1. The van der Waals surface area contributed by atoms with Gasteiger partial charge in [0, 0.05) is 28.2 Å². The van der Waals surface area contributed by atoms with Gasteiger partial charge in [-0.25, -0.2) is 8.78 Å². The molecule has 0 spiro atoms. The Bertz CT molecular complexity index is 1080. The third-order valence-electron chi connectivity index (χ3n) is 4.50. The highest BCUT2D eigenvalue weighted by molar-refractivity contribution is 9.10. The van der Waals surface area contributed by atoms with E-state index >= 15 is 0 Å². The number of alkyl halides is 10. The molecule has 3 N–H and O–H groups in total. The standard InChI is InChI=1S/C18H10BrF11N2O/c1-32-13-7(2-3-8(12(13)20)14(31)33)11-9(16(22,23)24)4-6(5-10(11)19)15(21,17(25,26)27)18(28,29)30/h2-5,32H,1H3,(H2,31,33). The average molecular weight is 559 g/mol. The van der Waals surface area contributed by atoms with Crippen LogP contribution in [0.15, 0.2) is 28.7 Å². The van der Waals surface area contributed by atoms with Crippen LogP contribution in [0, 0.1) is 5.82 Å². The minimum absolute atomic E-state index is 0.134. The van der Waals surface area contributed by atoms with Crippen molar-refractivity contribution in [3.63, 3.8) is 0 Å². The summed E-state index contributed by atoms with van der Waals surface area (Å²) in [4.78, 5) is 11.3. The lowest BCUT2D eigenvalue weighted by Gasteiger charge is -2.31. The molecule has 3 nitrogen and oxygen atoms in total. The first-order valence-electron chi connectivity index (χ1n) is 8.33. The molecule has 2 aromatic carbocycles. The van der Waals surface area contributed by atoms with E-state index in [1.165, 1.54) is 0 Å². The van der Waals surface area contributed by atoms with Crippen LogP contribution in [0.1, 0.15) is 21.5 Å². The van der Waals surface area contributed by atoms with Crippen molar-refractivity contribution in [3.8, 4) is 11.1 Å². The van der Waals surface area contributed by atoms with Crippen molar-refractivity contribution in [2.75, 3.05) is 12.4 Å². The predicted octanol–water partition coefficient (Wildman–Crippen LogP) is 6.70. The quantitative estimate of drug-likeness (QED) is 0.410. The molecule has 2 rings (SSSR count). The van der Waals surface area contributed by atoms with Crippen LogP contribution in [0.4, 0.5) is 54.0 Å². The van der Waals surface area contributed by atoms with Crippen LogP contribution in [0.5, 0.6) is 0 Å². The number of amides is 1. The molecule has 2 aromatic rings. The second-order valence-corrected chi connectivity index (χ2v) is 7.35. The van der Waals surface area contributed by atoms with Gasteiger partial charge in [-0.1, -0.05) is 22.0 Å². The van der Waals surface area contributed by atoms with Gasteiger partial charge < -0.3 is 11.1 Å². The van der Waals surface area contributed by atoms with E-state index in [1.54, 1.807) is 0 Å². The van der Waals surface area contributed by atoms with Crippen LogP contribution in [0.2, 0.25) is 0 Å².